The third kappa shape index (κ3) is 3.35. The Morgan fingerprint density at radius 1 is 1.33 bits per heavy atom. The van der Waals surface area contributed by atoms with Crippen LogP contribution < -0.4 is 10.1 Å². The van der Waals surface area contributed by atoms with Gasteiger partial charge in [-0.1, -0.05) is 12.1 Å². The molecule has 21 heavy (non-hydrogen) atoms. The molecule has 1 N–H and O–H groups in total. The molecule has 3 rings (SSSR count). The van der Waals surface area contributed by atoms with Crippen LogP contribution >= 0.6 is 0 Å². The van der Waals surface area contributed by atoms with Gasteiger partial charge in [0.25, 0.3) is 0 Å². The molecule has 1 saturated heterocycles. The number of piperazine rings is 1. The van der Waals surface area contributed by atoms with Crippen LogP contribution in [0.15, 0.2) is 24.3 Å². The highest BCUT2D eigenvalue weighted by Gasteiger charge is 2.42. The minimum Gasteiger partial charge on any atom is -0.492 e. The lowest BCUT2D eigenvalue weighted by Gasteiger charge is -2.32. The number of benzene rings is 1. The molecule has 1 aliphatic carbocycles. The van der Waals surface area contributed by atoms with Crippen LogP contribution in [0.1, 0.15) is 18.4 Å². The van der Waals surface area contributed by atoms with E-state index in [1.165, 1.54) is 0 Å². The molecule has 5 nitrogen and oxygen atoms in total. The van der Waals surface area contributed by atoms with E-state index >= 15 is 0 Å². The lowest BCUT2D eigenvalue weighted by molar-refractivity contribution is -0.145. The summed E-state index contributed by atoms with van der Waals surface area (Å²) in [5.74, 6) is 1.09. The maximum atomic E-state index is 12.3. The second kappa shape index (κ2) is 5.76. The predicted molar refractivity (Wildman–Crippen MR) is 77.9 cm³/mol. The smallest absolute Gasteiger partial charge is 0.246 e. The number of aryl methyl sites for hydroxylation is 1. The van der Waals surface area contributed by atoms with Gasteiger partial charge in [0.1, 0.15) is 18.4 Å². The average Bonchev–Trinajstić information content (AvgIpc) is 3.27. The summed E-state index contributed by atoms with van der Waals surface area (Å²) in [5.41, 5.74) is 1.13. The normalized spacial score (nSPS) is 22.1. The lowest BCUT2D eigenvalue weighted by Crippen LogP contribution is -2.59. The fourth-order valence-corrected chi connectivity index (χ4v) is 2.65. The summed E-state index contributed by atoms with van der Waals surface area (Å²) in [6.45, 7) is 2.99. The zero-order valence-electron chi connectivity index (χ0n) is 12.2. The van der Waals surface area contributed by atoms with Gasteiger partial charge in [-0.25, -0.2) is 0 Å². The van der Waals surface area contributed by atoms with Crippen LogP contribution in [0.5, 0.6) is 5.75 Å². The van der Waals surface area contributed by atoms with Crippen molar-refractivity contribution in [3.63, 3.8) is 0 Å². The summed E-state index contributed by atoms with van der Waals surface area (Å²) in [6.07, 6.45) is 2.06. The van der Waals surface area contributed by atoms with Crippen molar-refractivity contribution in [3.8, 4) is 5.75 Å². The Morgan fingerprint density at radius 2 is 2.14 bits per heavy atom. The molecule has 0 aromatic heterocycles. The molecule has 1 aromatic rings. The van der Waals surface area contributed by atoms with E-state index < -0.39 is 0 Å². The first-order valence-electron chi connectivity index (χ1n) is 7.41. The molecule has 1 atom stereocenters. The molecule has 5 heteroatoms. The molecule has 2 fully saturated rings. The van der Waals surface area contributed by atoms with Crippen molar-refractivity contribution in [3.05, 3.63) is 29.8 Å². The molecule has 1 heterocycles. The fraction of sp³-hybridized carbons (Fsp3) is 0.500. The van der Waals surface area contributed by atoms with E-state index in [0.29, 0.717) is 19.1 Å². The molecule has 1 unspecified atom stereocenters. The molecule has 1 aromatic carbocycles. The third-order valence-corrected chi connectivity index (χ3v) is 3.94. The number of amides is 2. The van der Waals surface area contributed by atoms with Gasteiger partial charge < -0.3 is 15.0 Å². The summed E-state index contributed by atoms with van der Waals surface area (Å²) in [5, 5.41) is 2.80. The molecule has 2 amide bonds. The van der Waals surface area contributed by atoms with Crippen molar-refractivity contribution < 1.29 is 14.3 Å². The van der Waals surface area contributed by atoms with Crippen LogP contribution in [0, 0.1) is 12.8 Å². The van der Waals surface area contributed by atoms with Crippen LogP contribution in [-0.4, -0.2) is 42.5 Å². The Morgan fingerprint density at radius 3 is 2.86 bits per heavy atom. The highest BCUT2D eigenvalue weighted by atomic mass is 16.5. The minimum atomic E-state index is -0.315. The highest BCUT2D eigenvalue weighted by molar-refractivity contribution is 5.95. The van der Waals surface area contributed by atoms with Crippen molar-refractivity contribution in [2.24, 2.45) is 5.92 Å². The maximum Gasteiger partial charge on any atom is 0.246 e. The Balaban J connectivity index is 1.54. The highest BCUT2D eigenvalue weighted by Crippen LogP contribution is 2.34. The topological polar surface area (TPSA) is 58.6 Å². The van der Waals surface area contributed by atoms with Gasteiger partial charge >= 0.3 is 0 Å². The first kappa shape index (κ1) is 13.9. The van der Waals surface area contributed by atoms with E-state index in [-0.39, 0.29) is 24.4 Å². The Kier molecular flexibility index (Phi) is 3.82. The van der Waals surface area contributed by atoms with E-state index in [2.05, 4.69) is 5.32 Å². The van der Waals surface area contributed by atoms with E-state index in [1.54, 1.807) is 4.90 Å². The predicted octanol–water partition coefficient (Wildman–Crippen LogP) is 1.11. The number of carbonyl (C=O) groups is 2. The van der Waals surface area contributed by atoms with Crippen LogP contribution in [0.3, 0.4) is 0 Å². The van der Waals surface area contributed by atoms with Gasteiger partial charge in [-0.2, -0.15) is 0 Å². The Bertz CT molecular complexity index is 554. The second-order valence-electron chi connectivity index (χ2n) is 5.81. The van der Waals surface area contributed by atoms with E-state index in [1.807, 2.05) is 31.2 Å². The molecular weight excluding hydrogens is 268 g/mol. The molecule has 0 radical (unpaired) electrons. The van der Waals surface area contributed by atoms with Crippen LogP contribution in [0.4, 0.5) is 0 Å². The number of hydrogen-bond acceptors (Lipinski definition) is 3. The van der Waals surface area contributed by atoms with Crippen molar-refractivity contribution >= 4 is 11.8 Å². The van der Waals surface area contributed by atoms with E-state index in [0.717, 1.165) is 24.2 Å². The van der Waals surface area contributed by atoms with Crippen molar-refractivity contribution in [2.75, 3.05) is 19.7 Å². The Labute approximate surface area is 124 Å². The van der Waals surface area contributed by atoms with Gasteiger partial charge in [-0.15, -0.1) is 0 Å². The van der Waals surface area contributed by atoms with Crippen LogP contribution in [-0.2, 0) is 9.59 Å². The van der Waals surface area contributed by atoms with Crippen LogP contribution in [0.2, 0.25) is 0 Å². The molecule has 1 saturated carbocycles. The number of ether oxygens (including phenoxy) is 1. The minimum absolute atomic E-state index is 0.0324. The SMILES string of the molecule is Cc1cccc(OCCN2CC(=O)NC(C3CC3)C2=O)c1. The number of carbonyl (C=O) groups excluding carboxylic acids is 2. The zero-order valence-corrected chi connectivity index (χ0v) is 12.2. The first-order valence-corrected chi connectivity index (χ1v) is 7.41. The summed E-state index contributed by atoms with van der Waals surface area (Å²) < 4.78 is 5.66. The summed E-state index contributed by atoms with van der Waals surface area (Å²) in [7, 11) is 0. The zero-order chi connectivity index (χ0) is 14.8. The first-order chi connectivity index (χ1) is 10.1. The van der Waals surface area contributed by atoms with Gasteiger partial charge in [0.05, 0.1) is 13.1 Å². The standard InChI is InChI=1S/C16H20N2O3/c1-11-3-2-4-13(9-11)21-8-7-18-10-14(19)17-15(16(18)20)12-5-6-12/h2-4,9,12,15H,5-8,10H2,1H3,(H,17,19). The summed E-state index contributed by atoms with van der Waals surface area (Å²) in [6, 6.07) is 7.48. The van der Waals surface area contributed by atoms with E-state index in [9.17, 15) is 9.59 Å². The second-order valence-corrected chi connectivity index (χ2v) is 5.81. The van der Waals surface area contributed by atoms with Crippen molar-refractivity contribution in [1.82, 2.24) is 10.2 Å². The molecule has 0 bridgehead atoms. The monoisotopic (exact) mass is 288 g/mol. The van der Waals surface area contributed by atoms with Crippen molar-refractivity contribution in [2.45, 2.75) is 25.8 Å². The van der Waals surface area contributed by atoms with Gasteiger partial charge in [0, 0.05) is 0 Å². The summed E-state index contributed by atoms with van der Waals surface area (Å²) in [4.78, 5) is 25.6. The molecule has 1 aliphatic heterocycles. The fourth-order valence-electron chi connectivity index (χ4n) is 2.65. The quantitative estimate of drug-likeness (QED) is 0.883. The number of rotatable bonds is 5. The molecular formula is C16H20N2O3. The van der Waals surface area contributed by atoms with Gasteiger partial charge in [-0.3, -0.25) is 9.59 Å². The Hall–Kier alpha value is -2.04. The third-order valence-electron chi connectivity index (χ3n) is 3.94. The number of hydrogen-bond donors (Lipinski definition) is 1. The summed E-state index contributed by atoms with van der Waals surface area (Å²) >= 11 is 0. The number of nitrogens with zero attached hydrogens (tertiary/aromatic N) is 1. The van der Waals surface area contributed by atoms with Gasteiger partial charge in [0.2, 0.25) is 11.8 Å². The van der Waals surface area contributed by atoms with Gasteiger partial charge in [0.15, 0.2) is 0 Å². The van der Waals surface area contributed by atoms with Crippen LogP contribution in [0.25, 0.3) is 0 Å². The van der Waals surface area contributed by atoms with Crippen molar-refractivity contribution in [1.29, 1.82) is 0 Å². The molecule has 112 valence electrons. The average molecular weight is 288 g/mol. The largest absolute Gasteiger partial charge is 0.492 e. The molecule has 2 aliphatic rings. The van der Waals surface area contributed by atoms with E-state index in [4.69, 9.17) is 4.74 Å². The number of nitrogens with one attached hydrogen (secondary N) is 1. The molecule has 0 spiro atoms. The lowest BCUT2D eigenvalue weighted by atomic mass is 10.1. The van der Waals surface area contributed by atoms with Gasteiger partial charge in [-0.05, 0) is 43.4 Å². The maximum absolute atomic E-state index is 12.3.